The van der Waals surface area contributed by atoms with Crippen molar-refractivity contribution in [1.29, 1.82) is 0 Å². The first-order valence-electron chi connectivity index (χ1n) is 5.59. The lowest BCUT2D eigenvalue weighted by molar-refractivity contribution is 0.0696. The summed E-state index contributed by atoms with van der Waals surface area (Å²) in [6.45, 7) is 0.868. The predicted molar refractivity (Wildman–Crippen MR) is 64.9 cm³/mol. The molecule has 0 aliphatic carbocycles. The molecule has 1 aromatic carbocycles. The molecule has 0 saturated heterocycles. The second kappa shape index (κ2) is 7.65. The highest BCUT2D eigenvalue weighted by atomic mass is 16.5. The summed E-state index contributed by atoms with van der Waals surface area (Å²) >= 11 is 0. The summed E-state index contributed by atoms with van der Waals surface area (Å²) in [5, 5.41) is 29.6. The third-order valence-electron chi connectivity index (χ3n) is 2.21. The highest BCUT2D eigenvalue weighted by Gasteiger charge is 2.06. The van der Waals surface area contributed by atoms with Crippen LogP contribution in [0, 0.1) is 0 Å². The smallest absolute Gasteiger partial charge is 0.335 e. The number of aliphatic hydroxyl groups excluding tert-OH is 2. The number of aromatic carboxylic acids is 1. The van der Waals surface area contributed by atoms with Gasteiger partial charge >= 0.3 is 5.97 Å². The van der Waals surface area contributed by atoms with Crippen LogP contribution in [0.15, 0.2) is 24.3 Å². The van der Waals surface area contributed by atoms with Crippen LogP contribution < -0.4 is 10.1 Å². The molecule has 0 fully saturated rings. The zero-order chi connectivity index (χ0) is 13.4. The van der Waals surface area contributed by atoms with Crippen LogP contribution in [0.4, 0.5) is 0 Å². The average Bonchev–Trinajstić information content (AvgIpc) is 2.37. The van der Waals surface area contributed by atoms with E-state index in [4.69, 9.17) is 14.9 Å². The first kappa shape index (κ1) is 14.4. The molecule has 6 heteroatoms. The fraction of sp³-hybridized carbons (Fsp3) is 0.417. The van der Waals surface area contributed by atoms with Gasteiger partial charge in [-0.3, -0.25) is 0 Å². The van der Waals surface area contributed by atoms with E-state index in [1.165, 1.54) is 24.3 Å². The van der Waals surface area contributed by atoms with Crippen LogP contribution in [0.2, 0.25) is 0 Å². The van der Waals surface area contributed by atoms with Gasteiger partial charge in [0.1, 0.15) is 18.5 Å². The van der Waals surface area contributed by atoms with Crippen molar-refractivity contribution < 1.29 is 24.9 Å². The molecule has 0 saturated carbocycles. The highest BCUT2D eigenvalue weighted by molar-refractivity contribution is 5.87. The van der Waals surface area contributed by atoms with E-state index in [-0.39, 0.29) is 18.8 Å². The first-order valence-corrected chi connectivity index (χ1v) is 5.59. The van der Waals surface area contributed by atoms with E-state index < -0.39 is 12.1 Å². The number of carboxylic acid groups (broad SMARTS) is 1. The lowest BCUT2D eigenvalue weighted by Gasteiger charge is -2.12. The van der Waals surface area contributed by atoms with Gasteiger partial charge in [-0.2, -0.15) is 0 Å². The topological polar surface area (TPSA) is 99.0 Å². The van der Waals surface area contributed by atoms with Gasteiger partial charge in [0.25, 0.3) is 0 Å². The molecule has 1 aromatic rings. The van der Waals surface area contributed by atoms with Gasteiger partial charge < -0.3 is 25.4 Å². The fourth-order valence-corrected chi connectivity index (χ4v) is 1.29. The first-order chi connectivity index (χ1) is 8.63. The highest BCUT2D eigenvalue weighted by Crippen LogP contribution is 2.12. The molecule has 0 bridgehead atoms. The van der Waals surface area contributed by atoms with E-state index in [1.54, 1.807) is 0 Å². The van der Waals surface area contributed by atoms with Gasteiger partial charge in [0.2, 0.25) is 0 Å². The maximum Gasteiger partial charge on any atom is 0.335 e. The monoisotopic (exact) mass is 255 g/mol. The molecule has 1 rings (SSSR count). The zero-order valence-corrected chi connectivity index (χ0v) is 9.87. The zero-order valence-electron chi connectivity index (χ0n) is 9.87. The van der Waals surface area contributed by atoms with Gasteiger partial charge in [0.05, 0.1) is 12.2 Å². The number of nitrogens with one attached hydrogen (secondary N) is 1. The average molecular weight is 255 g/mol. The minimum Gasteiger partial charge on any atom is -0.491 e. The summed E-state index contributed by atoms with van der Waals surface area (Å²) in [5.41, 5.74) is 0.188. The summed E-state index contributed by atoms with van der Waals surface area (Å²) in [5.74, 6) is -0.490. The second-order valence-electron chi connectivity index (χ2n) is 3.72. The van der Waals surface area contributed by atoms with Crippen LogP contribution in [0.3, 0.4) is 0 Å². The molecule has 100 valence electrons. The van der Waals surface area contributed by atoms with Crippen molar-refractivity contribution in [2.45, 2.75) is 6.10 Å². The molecule has 1 atom stereocenters. The summed E-state index contributed by atoms with van der Waals surface area (Å²) in [6, 6.07) is 5.96. The molecule has 0 spiro atoms. The molecule has 6 nitrogen and oxygen atoms in total. The summed E-state index contributed by atoms with van der Waals surface area (Å²) in [7, 11) is 0. The second-order valence-corrected chi connectivity index (χ2v) is 3.72. The lowest BCUT2D eigenvalue weighted by Crippen LogP contribution is -2.32. The van der Waals surface area contributed by atoms with E-state index in [2.05, 4.69) is 5.32 Å². The third kappa shape index (κ3) is 5.13. The Labute approximate surface area is 105 Å². The Morgan fingerprint density at radius 1 is 1.33 bits per heavy atom. The number of carboxylic acids is 1. The Hall–Kier alpha value is -1.63. The van der Waals surface area contributed by atoms with Crippen molar-refractivity contribution in [2.75, 3.05) is 26.3 Å². The third-order valence-corrected chi connectivity index (χ3v) is 2.21. The van der Waals surface area contributed by atoms with Crippen LogP contribution in [-0.4, -0.2) is 53.7 Å². The quantitative estimate of drug-likeness (QED) is 0.476. The molecule has 1 unspecified atom stereocenters. The van der Waals surface area contributed by atoms with Crippen LogP contribution in [0.25, 0.3) is 0 Å². The molecule has 0 aliphatic rings. The molecule has 4 N–H and O–H groups in total. The van der Waals surface area contributed by atoms with Crippen molar-refractivity contribution in [3.05, 3.63) is 29.8 Å². The molecule has 0 aromatic heterocycles. The van der Waals surface area contributed by atoms with Gasteiger partial charge in [0, 0.05) is 13.1 Å². The number of ether oxygens (including phenoxy) is 1. The SMILES string of the molecule is O=C(O)c1ccc(OCC(O)CNCCO)cc1. The largest absolute Gasteiger partial charge is 0.491 e. The lowest BCUT2D eigenvalue weighted by atomic mass is 10.2. The minimum absolute atomic E-state index is 0.0181. The van der Waals surface area contributed by atoms with Crippen LogP contribution in [0.5, 0.6) is 5.75 Å². The van der Waals surface area contributed by atoms with Gasteiger partial charge in [-0.15, -0.1) is 0 Å². The van der Waals surface area contributed by atoms with Crippen LogP contribution >= 0.6 is 0 Å². The summed E-state index contributed by atoms with van der Waals surface area (Å²) < 4.78 is 5.29. The van der Waals surface area contributed by atoms with Crippen molar-refractivity contribution in [3.8, 4) is 5.75 Å². The van der Waals surface area contributed by atoms with Crippen molar-refractivity contribution in [1.82, 2.24) is 5.32 Å². The maximum absolute atomic E-state index is 10.6. The van der Waals surface area contributed by atoms with Gasteiger partial charge in [-0.25, -0.2) is 4.79 Å². The van der Waals surface area contributed by atoms with E-state index in [0.717, 1.165) is 0 Å². The molecule has 18 heavy (non-hydrogen) atoms. The Morgan fingerprint density at radius 3 is 2.56 bits per heavy atom. The van der Waals surface area contributed by atoms with Crippen molar-refractivity contribution in [3.63, 3.8) is 0 Å². The minimum atomic E-state index is -0.991. The van der Waals surface area contributed by atoms with Crippen LogP contribution in [-0.2, 0) is 0 Å². The van der Waals surface area contributed by atoms with E-state index in [0.29, 0.717) is 18.8 Å². The maximum atomic E-state index is 10.6. The number of carbonyl (C=O) groups is 1. The van der Waals surface area contributed by atoms with Gasteiger partial charge in [-0.05, 0) is 24.3 Å². The summed E-state index contributed by atoms with van der Waals surface area (Å²) in [4.78, 5) is 10.6. The Bertz CT molecular complexity index is 365. The van der Waals surface area contributed by atoms with Gasteiger partial charge in [-0.1, -0.05) is 0 Å². The predicted octanol–water partition coefficient (Wildman–Crippen LogP) is -0.294. The fourth-order valence-electron chi connectivity index (χ4n) is 1.29. The van der Waals surface area contributed by atoms with E-state index in [9.17, 15) is 9.90 Å². The van der Waals surface area contributed by atoms with E-state index in [1.807, 2.05) is 0 Å². The standard InChI is InChI=1S/C12H17NO5/c14-6-5-13-7-10(15)8-18-11-3-1-9(2-4-11)12(16)17/h1-4,10,13-15H,5-8H2,(H,16,17). The van der Waals surface area contributed by atoms with Crippen LogP contribution in [0.1, 0.15) is 10.4 Å². The molecule has 0 heterocycles. The Morgan fingerprint density at radius 2 is 2.00 bits per heavy atom. The van der Waals surface area contributed by atoms with Crippen molar-refractivity contribution >= 4 is 5.97 Å². The number of aliphatic hydroxyl groups is 2. The Kier molecular flexibility index (Phi) is 6.13. The molecular weight excluding hydrogens is 238 g/mol. The molecule has 0 radical (unpaired) electrons. The number of rotatable bonds is 8. The number of hydrogen-bond donors (Lipinski definition) is 4. The van der Waals surface area contributed by atoms with E-state index >= 15 is 0 Å². The summed E-state index contributed by atoms with van der Waals surface area (Å²) in [6.07, 6.45) is -0.685. The number of hydrogen-bond acceptors (Lipinski definition) is 5. The molecule has 0 amide bonds. The van der Waals surface area contributed by atoms with Gasteiger partial charge in [0.15, 0.2) is 0 Å². The Balaban J connectivity index is 2.32. The normalized spacial score (nSPS) is 12.1. The number of benzene rings is 1. The van der Waals surface area contributed by atoms with Crippen molar-refractivity contribution in [2.24, 2.45) is 0 Å². The molecular formula is C12H17NO5. The molecule has 0 aliphatic heterocycles.